The van der Waals surface area contributed by atoms with E-state index in [0.29, 0.717) is 16.1 Å². The van der Waals surface area contributed by atoms with Crippen molar-refractivity contribution in [2.24, 2.45) is 0 Å². The largest absolute Gasteiger partial charge is 0.269 e. The minimum Gasteiger partial charge on any atom is -0.236 e. The maximum Gasteiger partial charge on any atom is 0.269 e. The van der Waals surface area contributed by atoms with Gasteiger partial charge in [0.25, 0.3) is 10.0 Å². The maximum atomic E-state index is 12.8. The topological polar surface area (TPSA) is 52.0 Å². The number of rotatable bonds is 2. The van der Waals surface area contributed by atoms with E-state index in [1.165, 1.54) is 16.4 Å². The number of benzene rings is 2. The van der Waals surface area contributed by atoms with Crippen LogP contribution in [0.2, 0.25) is 5.02 Å². The second-order valence-corrected chi connectivity index (χ2v) is 7.60. The molecule has 0 radical (unpaired) electrons. The van der Waals surface area contributed by atoms with Crippen molar-refractivity contribution in [2.75, 3.05) is 0 Å². The van der Waals surface area contributed by atoms with Crippen LogP contribution < -0.4 is 0 Å². The summed E-state index contributed by atoms with van der Waals surface area (Å²) in [6.07, 6.45) is 1.35. The molecule has 0 unspecified atom stereocenters. The van der Waals surface area contributed by atoms with Gasteiger partial charge in [0.1, 0.15) is 6.33 Å². The molecule has 0 aliphatic carbocycles. The van der Waals surface area contributed by atoms with Crippen LogP contribution in [0.4, 0.5) is 0 Å². The highest BCUT2D eigenvalue weighted by Gasteiger charge is 2.20. The molecule has 6 heteroatoms. The Morgan fingerprint density at radius 2 is 1.68 bits per heavy atom. The quantitative estimate of drug-likeness (QED) is 0.715. The molecule has 0 amide bonds. The molecule has 3 rings (SSSR count). The lowest BCUT2D eigenvalue weighted by Crippen LogP contribution is -2.12. The fourth-order valence-corrected chi connectivity index (χ4v) is 3.81. The molecule has 0 saturated carbocycles. The van der Waals surface area contributed by atoms with E-state index in [1.807, 2.05) is 26.0 Å². The Morgan fingerprint density at radius 1 is 1.00 bits per heavy atom. The molecule has 2 aromatic carbocycles. The van der Waals surface area contributed by atoms with E-state index in [1.54, 1.807) is 19.1 Å². The Morgan fingerprint density at radius 3 is 2.36 bits per heavy atom. The SMILES string of the molecule is Cc1cc2ncn(S(=O)(=O)c3ccc(Cl)c(C)c3)c2cc1C. The van der Waals surface area contributed by atoms with Crippen molar-refractivity contribution < 1.29 is 8.42 Å². The van der Waals surface area contributed by atoms with E-state index >= 15 is 0 Å². The number of aryl methyl sites for hydroxylation is 3. The summed E-state index contributed by atoms with van der Waals surface area (Å²) in [5.74, 6) is 0. The molecule has 0 spiro atoms. The van der Waals surface area contributed by atoms with Crippen LogP contribution in [0.1, 0.15) is 16.7 Å². The van der Waals surface area contributed by atoms with E-state index in [-0.39, 0.29) is 4.90 Å². The molecular weight excluding hydrogens is 320 g/mol. The van der Waals surface area contributed by atoms with Gasteiger partial charge in [0.05, 0.1) is 15.9 Å². The standard InChI is InChI=1S/C16H15ClN2O2S/c1-10-7-15-16(8-11(10)2)19(9-18-15)22(20,21)13-4-5-14(17)12(3)6-13/h4-9H,1-3H3. The zero-order valence-corrected chi connectivity index (χ0v) is 14.0. The normalized spacial score (nSPS) is 12.0. The molecule has 0 saturated heterocycles. The summed E-state index contributed by atoms with van der Waals surface area (Å²) in [4.78, 5) is 4.41. The van der Waals surface area contributed by atoms with Crippen molar-refractivity contribution in [3.05, 3.63) is 58.4 Å². The average molecular weight is 335 g/mol. The minimum absolute atomic E-state index is 0.201. The fraction of sp³-hybridized carbons (Fsp3) is 0.188. The second-order valence-electron chi connectivity index (χ2n) is 5.38. The monoisotopic (exact) mass is 334 g/mol. The first-order valence-electron chi connectivity index (χ1n) is 6.77. The Kier molecular flexibility index (Phi) is 3.50. The van der Waals surface area contributed by atoms with Crippen molar-refractivity contribution in [1.82, 2.24) is 8.96 Å². The summed E-state index contributed by atoms with van der Waals surface area (Å²) in [7, 11) is -3.70. The molecule has 22 heavy (non-hydrogen) atoms. The highest BCUT2D eigenvalue weighted by molar-refractivity contribution is 7.90. The molecule has 3 aromatic rings. The van der Waals surface area contributed by atoms with Crippen LogP contribution >= 0.6 is 11.6 Å². The van der Waals surface area contributed by atoms with E-state index in [0.717, 1.165) is 16.7 Å². The summed E-state index contributed by atoms with van der Waals surface area (Å²) in [6.45, 7) is 5.71. The third kappa shape index (κ3) is 2.30. The van der Waals surface area contributed by atoms with Gasteiger partial charge in [-0.05, 0) is 67.8 Å². The summed E-state index contributed by atoms with van der Waals surface area (Å²) in [5.41, 5.74) is 4.07. The summed E-state index contributed by atoms with van der Waals surface area (Å²) in [6, 6.07) is 8.42. The van der Waals surface area contributed by atoms with Crippen LogP contribution in [0.15, 0.2) is 41.6 Å². The van der Waals surface area contributed by atoms with E-state index in [9.17, 15) is 8.42 Å². The Hall–Kier alpha value is -1.85. The van der Waals surface area contributed by atoms with Crippen LogP contribution in [0.5, 0.6) is 0 Å². The van der Waals surface area contributed by atoms with Crippen molar-refractivity contribution in [3.8, 4) is 0 Å². The van der Waals surface area contributed by atoms with E-state index < -0.39 is 10.0 Å². The molecule has 4 nitrogen and oxygen atoms in total. The number of imidazole rings is 1. The van der Waals surface area contributed by atoms with Crippen LogP contribution in [0.3, 0.4) is 0 Å². The zero-order valence-electron chi connectivity index (χ0n) is 12.5. The highest BCUT2D eigenvalue weighted by Crippen LogP contribution is 2.25. The highest BCUT2D eigenvalue weighted by atomic mass is 35.5. The molecule has 114 valence electrons. The Balaban J connectivity index is 2.25. The summed E-state index contributed by atoms with van der Waals surface area (Å²) in [5, 5.41) is 0.543. The van der Waals surface area contributed by atoms with Gasteiger partial charge in [-0.25, -0.2) is 17.4 Å². The Bertz CT molecular complexity index is 991. The van der Waals surface area contributed by atoms with Gasteiger partial charge in [-0.1, -0.05) is 11.6 Å². The smallest absolute Gasteiger partial charge is 0.236 e. The van der Waals surface area contributed by atoms with Crippen molar-refractivity contribution >= 4 is 32.7 Å². The molecule has 1 aromatic heterocycles. The molecule has 0 fully saturated rings. The number of hydrogen-bond acceptors (Lipinski definition) is 3. The van der Waals surface area contributed by atoms with E-state index in [4.69, 9.17) is 11.6 Å². The molecular formula is C16H15ClN2O2S. The van der Waals surface area contributed by atoms with Crippen LogP contribution in [0, 0.1) is 20.8 Å². The fourth-order valence-electron chi connectivity index (χ4n) is 2.33. The van der Waals surface area contributed by atoms with Gasteiger partial charge in [0, 0.05) is 5.02 Å². The summed E-state index contributed by atoms with van der Waals surface area (Å²) >= 11 is 5.97. The number of aromatic nitrogens is 2. The van der Waals surface area contributed by atoms with E-state index in [2.05, 4.69) is 4.98 Å². The second kappa shape index (κ2) is 5.11. The van der Waals surface area contributed by atoms with Gasteiger partial charge in [-0.15, -0.1) is 0 Å². The Labute approximate surface area is 134 Å². The lowest BCUT2D eigenvalue weighted by Gasteiger charge is -2.09. The third-order valence-electron chi connectivity index (χ3n) is 3.82. The molecule has 0 atom stereocenters. The van der Waals surface area contributed by atoms with Crippen LogP contribution in [-0.2, 0) is 10.0 Å². The van der Waals surface area contributed by atoms with Gasteiger partial charge in [-0.3, -0.25) is 0 Å². The summed E-state index contributed by atoms with van der Waals surface area (Å²) < 4.78 is 26.9. The molecule has 0 N–H and O–H groups in total. The third-order valence-corrected chi connectivity index (χ3v) is 5.90. The lowest BCUT2D eigenvalue weighted by atomic mass is 10.1. The first-order chi connectivity index (χ1) is 10.3. The number of hydrogen-bond donors (Lipinski definition) is 0. The van der Waals surface area contributed by atoms with Crippen LogP contribution in [0.25, 0.3) is 11.0 Å². The number of halogens is 1. The van der Waals surface area contributed by atoms with Gasteiger partial charge in [-0.2, -0.15) is 0 Å². The van der Waals surface area contributed by atoms with Crippen molar-refractivity contribution in [3.63, 3.8) is 0 Å². The lowest BCUT2D eigenvalue weighted by molar-refractivity contribution is 0.588. The van der Waals surface area contributed by atoms with Gasteiger partial charge < -0.3 is 0 Å². The van der Waals surface area contributed by atoms with Crippen LogP contribution in [-0.4, -0.2) is 17.4 Å². The van der Waals surface area contributed by atoms with Gasteiger partial charge >= 0.3 is 0 Å². The maximum absolute atomic E-state index is 12.8. The predicted octanol–water partition coefficient (Wildman–Crippen LogP) is 3.85. The van der Waals surface area contributed by atoms with Gasteiger partial charge in [0.15, 0.2) is 0 Å². The average Bonchev–Trinajstić information content (AvgIpc) is 2.85. The number of nitrogens with zero attached hydrogens (tertiary/aromatic N) is 2. The molecule has 0 bridgehead atoms. The van der Waals surface area contributed by atoms with Crippen molar-refractivity contribution in [1.29, 1.82) is 0 Å². The minimum atomic E-state index is -3.70. The molecule has 0 aliphatic heterocycles. The van der Waals surface area contributed by atoms with Gasteiger partial charge in [0.2, 0.25) is 0 Å². The first kappa shape index (κ1) is 15.1. The zero-order chi connectivity index (χ0) is 16.1. The van der Waals surface area contributed by atoms with Crippen molar-refractivity contribution in [2.45, 2.75) is 25.7 Å². The molecule has 0 aliphatic rings. The molecule has 1 heterocycles. The number of fused-ring (bicyclic) bond motifs is 1. The first-order valence-corrected chi connectivity index (χ1v) is 8.58. The predicted molar refractivity (Wildman–Crippen MR) is 88.0 cm³/mol.